The molecule has 2 aromatic rings. The van der Waals surface area contributed by atoms with Crippen molar-refractivity contribution < 1.29 is 24.5 Å². The molecule has 0 amide bonds. The highest BCUT2D eigenvalue weighted by atomic mass is 32.2. The molecule has 0 radical (unpaired) electrons. The van der Waals surface area contributed by atoms with Gasteiger partial charge in [0.15, 0.2) is 5.78 Å². The van der Waals surface area contributed by atoms with Crippen LogP contribution in [0.15, 0.2) is 41.3 Å². The maximum atomic E-state index is 11.6. The van der Waals surface area contributed by atoms with Crippen molar-refractivity contribution in [3.8, 4) is 11.5 Å². The van der Waals surface area contributed by atoms with Crippen LogP contribution in [0.1, 0.15) is 54.6 Å². The van der Waals surface area contributed by atoms with Gasteiger partial charge in [-0.15, -0.1) is 11.8 Å². The number of aliphatic carboxylic acids is 1. The zero-order valence-electron chi connectivity index (χ0n) is 16.9. The van der Waals surface area contributed by atoms with Gasteiger partial charge in [-0.1, -0.05) is 25.5 Å². The molecule has 0 aromatic heterocycles. The number of ether oxygens (including phenoxy) is 1. The number of ketones is 1. The molecule has 2 rings (SSSR count). The summed E-state index contributed by atoms with van der Waals surface area (Å²) in [4.78, 5) is 23.3. The first-order valence-electron chi connectivity index (χ1n) is 9.84. The summed E-state index contributed by atoms with van der Waals surface area (Å²) in [6, 6.07) is 11.1. The van der Waals surface area contributed by atoms with Crippen LogP contribution in [0.2, 0.25) is 0 Å². The molecule has 156 valence electrons. The first-order valence-corrected chi connectivity index (χ1v) is 10.8. The Hall–Kier alpha value is -2.47. The standard InChI is InChI=1S/C23H28O5S/c1-3-5-20-21(12-11-19(16(2)24)23(20)27)29-15-4-14-28-18-9-6-17(7-10-18)8-13-22(25)26/h6-7,9-12,27H,3-5,8,13-15H2,1-2H3,(H,25,26). The Bertz CT molecular complexity index is 830. The Balaban J connectivity index is 1.82. The van der Waals surface area contributed by atoms with E-state index in [4.69, 9.17) is 9.84 Å². The van der Waals surface area contributed by atoms with Crippen LogP contribution >= 0.6 is 11.8 Å². The number of phenolic OH excluding ortho intramolecular Hbond substituents is 1. The van der Waals surface area contributed by atoms with Crippen LogP contribution in [-0.4, -0.2) is 34.3 Å². The van der Waals surface area contributed by atoms with E-state index < -0.39 is 5.97 Å². The molecular formula is C23H28O5S. The third kappa shape index (κ3) is 7.13. The highest BCUT2D eigenvalue weighted by Gasteiger charge is 2.15. The number of benzene rings is 2. The first-order chi connectivity index (χ1) is 13.9. The molecule has 0 bridgehead atoms. The first kappa shape index (κ1) is 22.8. The number of aromatic hydroxyl groups is 1. The topological polar surface area (TPSA) is 83.8 Å². The molecule has 6 heteroatoms. The summed E-state index contributed by atoms with van der Waals surface area (Å²) in [5, 5.41) is 19.1. The molecule has 2 N–H and O–H groups in total. The third-order valence-electron chi connectivity index (χ3n) is 4.48. The minimum absolute atomic E-state index is 0.114. The lowest BCUT2D eigenvalue weighted by atomic mass is 10.0. The van der Waals surface area contributed by atoms with Gasteiger partial charge >= 0.3 is 5.97 Å². The number of Topliss-reactive ketones (excluding diaryl/α,β-unsaturated/α-hetero) is 1. The number of phenols is 1. The Morgan fingerprint density at radius 2 is 1.79 bits per heavy atom. The fourth-order valence-electron chi connectivity index (χ4n) is 2.96. The van der Waals surface area contributed by atoms with E-state index in [0.717, 1.165) is 46.8 Å². The van der Waals surface area contributed by atoms with Gasteiger partial charge in [0.2, 0.25) is 0 Å². The van der Waals surface area contributed by atoms with E-state index in [1.54, 1.807) is 17.8 Å². The van der Waals surface area contributed by atoms with Crippen molar-refractivity contribution >= 4 is 23.5 Å². The van der Waals surface area contributed by atoms with E-state index in [1.807, 2.05) is 30.3 Å². The lowest BCUT2D eigenvalue weighted by Crippen LogP contribution is -2.01. The molecule has 0 saturated heterocycles. The van der Waals surface area contributed by atoms with Crippen LogP contribution in [0.5, 0.6) is 11.5 Å². The SMILES string of the molecule is CCCc1c(SCCCOc2ccc(CCC(=O)O)cc2)ccc(C(C)=O)c1O. The second-order valence-corrected chi connectivity index (χ2v) is 7.97. The number of hydrogen-bond donors (Lipinski definition) is 2. The quantitative estimate of drug-likeness (QED) is 0.284. The van der Waals surface area contributed by atoms with Crippen molar-refractivity contribution in [1.82, 2.24) is 0 Å². The predicted molar refractivity (Wildman–Crippen MR) is 115 cm³/mol. The van der Waals surface area contributed by atoms with Crippen molar-refractivity contribution in [2.45, 2.75) is 50.8 Å². The van der Waals surface area contributed by atoms with Crippen LogP contribution in [0.4, 0.5) is 0 Å². The summed E-state index contributed by atoms with van der Waals surface area (Å²) in [7, 11) is 0. The largest absolute Gasteiger partial charge is 0.507 e. The van der Waals surface area contributed by atoms with E-state index in [-0.39, 0.29) is 18.0 Å². The third-order valence-corrected chi connectivity index (χ3v) is 5.67. The summed E-state index contributed by atoms with van der Waals surface area (Å²) < 4.78 is 5.75. The maximum absolute atomic E-state index is 11.6. The van der Waals surface area contributed by atoms with Gasteiger partial charge in [0, 0.05) is 22.6 Å². The monoisotopic (exact) mass is 416 g/mol. The molecule has 0 aliphatic rings. The van der Waals surface area contributed by atoms with Crippen molar-refractivity contribution in [2.24, 2.45) is 0 Å². The van der Waals surface area contributed by atoms with Gasteiger partial charge in [0.25, 0.3) is 0 Å². The number of carboxylic acids is 1. The molecule has 0 heterocycles. The molecule has 0 atom stereocenters. The number of hydrogen-bond acceptors (Lipinski definition) is 5. The number of thioether (sulfide) groups is 1. The number of carboxylic acid groups (broad SMARTS) is 1. The normalized spacial score (nSPS) is 10.7. The minimum atomic E-state index is -0.797. The van der Waals surface area contributed by atoms with Crippen molar-refractivity contribution in [3.05, 3.63) is 53.1 Å². The molecule has 2 aromatic carbocycles. The minimum Gasteiger partial charge on any atom is -0.507 e. The van der Waals surface area contributed by atoms with Gasteiger partial charge in [-0.2, -0.15) is 0 Å². The molecule has 0 aliphatic carbocycles. The molecule has 29 heavy (non-hydrogen) atoms. The molecule has 0 aliphatic heterocycles. The van der Waals surface area contributed by atoms with Gasteiger partial charge in [0.1, 0.15) is 11.5 Å². The molecular weight excluding hydrogens is 388 g/mol. The number of aryl methyl sites for hydroxylation is 1. The van der Waals surface area contributed by atoms with Crippen LogP contribution in [0, 0.1) is 0 Å². The molecule has 0 saturated carbocycles. The van der Waals surface area contributed by atoms with E-state index >= 15 is 0 Å². The fourth-order valence-corrected chi connectivity index (χ4v) is 3.98. The van der Waals surface area contributed by atoms with Crippen molar-refractivity contribution in [2.75, 3.05) is 12.4 Å². The fraction of sp³-hybridized carbons (Fsp3) is 0.391. The summed E-state index contributed by atoms with van der Waals surface area (Å²) in [6.07, 6.45) is 3.11. The number of rotatable bonds is 12. The average molecular weight is 417 g/mol. The van der Waals surface area contributed by atoms with E-state index in [0.29, 0.717) is 18.6 Å². The maximum Gasteiger partial charge on any atom is 0.303 e. The van der Waals surface area contributed by atoms with Crippen LogP contribution < -0.4 is 4.74 Å². The zero-order chi connectivity index (χ0) is 21.2. The number of carbonyl (C=O) groups excluding carboxylic acids is 1. The summed E-state index contributed by atoms with van der Waals surface area (Å²) in [6.45, 7) is 4.09. The molecule has 0 spiro atoms. The van der Waals surface area contributed by atoms with E-state index in [9.17, 15) is 14.7 Å². The Morgan fingerprint density at radius 1 is 1.07 bits per heavy atom. The van der Waals surface area contributed by atoms with Gasteiger partial charge in [-0.05, 0) is 56.0 Å². The Morgan fingerprint density at radius 3 is 2.41 bits per heavy atom. The second-order valence-electron chi connectivity index (χ2n) is 6.83. The second kappa shape index (κ2) is 11.5. The Labute approximate surface area is 176 Å². The molecule has 5 nitrogen and oxygen atoms in total. The smallest absolute Gasteiger partial charge is 0.303 e. The van der Waals surface area contributed by atoms with E-state index in [2.05, 4.69) is 6.92 Å². The van der Waals surface area contributed by atoms with Crippen LogP contribution in [0.25, 0.3) is 0 Å². The van der Waals surface area contributed by atoms with E-state index in [1.165, 1.54) is 6.92 Å². The Kier molecular flexibility index (Phi) is 9.06. The van der Waals surface area contributed by atoms with Gasteiger partial charge < -0.3 is 14.9 Å². The average Bonchev–Trinajstić information content (AvgIpc) is 2.69. The molecule has 0 fully saturated rings. The zero-order valence-corrected chi connectivity index (χ0v) is 17.8. The highest BCUT2D eigenvalue weighted by molar-refractivity contribution is 7.99. The number of carbonyl (C=O) groups is 2. The summed E-state index contributed by atoms with van der Waals surface area (Å²) >= 11 is 1.66. The molecule has 0 unspecified atom stereocenters. The summed E-state index contributed by atoms with van der Waals surface area (Å²) in [5.41, 5.74) is 2.21. The summed E-state index contributed by atoms with van der Waals surface area (Å²) in [5.74, 6) is 0.799. The van der Waals surface area contributed by atoms with Crippen LogP contribution in [-0.2, 0) is 17.6 Å². The van der Waals surface area contributed by atoms with Crippen LogP contribution in [0.3, 0.4) is 0 Å². The lowest BCUT2D eigenvalue weighted by molar-refractivity contribution is -0.136. The van der Waals surface area contributed by atoms with Gasteiger partial charge in [-0.25, -0.2) is 0 Å². The lowest BCUT2D eigenvalue weighted by Gasteiger charge is -2.13. The highest BCUT2D eigenvalue weighted by Crippen LogP contribution is 2.34. The van der Waals surface area contributed by atoms with Crippen molar-refractivity contribution in [1.29, 1.82) is 0 Å². The predicted octanol–water partition coefficient (Wildman–Crippen LogP) is 5.13. The van der Waals surface area contributed by atoms with Crippen molar-refractivity contribution in [3.63, 3.8) is 0 Å². The van der Waals surface area contributed by atoms with Gasteiger partial charge in [-0.3, -0.25) is 9.59 Å². The van der Waals surface area contributed by atoms with Gasteiger partial charge in [0.05, 0.1) is 12.2 Å².